The van der Waals surface area contributed by atoms with Gasteiger partial charge in [-0.3, -0.25) is 0 Å². The van der Waals surface area contributed by atoms with Crippen LogP contribution < -0.4 is 5.32 Å². The average Bonchev–Trinajstić information content (AvgIpc) is 2.77. The second-order valence-electron chi connectivity index (χ2n) is 6.88. The number of amides is 1. The van der Waals surface area contributed by atoms with Crippen molar-refractivity contribution in [3.8, 4) is 0 Å². The molecule has 1 amide bonds. The number of hydrogen-bond donors (Lipinski definition) is 1. The van der Waals surface area contributed by atoms with E-state index in [0.717, 1.165) is 19.6 Å². The lowest BCUT2D eigenvalue weighted by Gasteiger charge is -2.26. The van der Waals surface area contributed by atoms with E-state index in [1.54, 1.807) is 11.3 Å². The third-order valence-electron chi connectivity index (χ3n) is 4.01. The highest BCUT2D eigenvalue weighted by Crippen LogP contribution is 2.46. The fraction of sp³-hybridized carbons (Fsp3) is 0.667. The fourth-order valence-corrected chi connectivity index (χ4v) is 4.19. The maximum absolute atomic E-state index is 12.0. The van der Waals surface area contributed by atoms with Gasteiger partial charge in [0.1, 0.15) is 5.60 Å². The number of rotatable bonds is 3. The molecule has 0 spiro atoms. The molecule has 1 saturated carbocycles. The summed E-state index contributed by atoms with van der Waals surface area (Å²) in [6.45, 7) is 8.28. The van der Waals surface area contributed by atoms with E-state index in [1.807, 2.05) is 25.7 Å². The molecule has 1 N–H and O–H groups in total. The van der Waals surface area contributed by atoms with Gasteiger partial charge in [-0.1, -0.05) is 0 Å². The van der Waals surface area contributed by atoms with Crippen LogP contribution in [0, 0.1) is 11.8 Å². The van der Waals surface area contributed by atoms with Gasteiger partial charge in [0.15, 0.2) is 0 Å². The van der Waals surface area contributed by atoms with Crippen LogP contribution in [0.15, 0.2) is 15.2 Å². The van der Waals surface area contributed by atoms with Gasteiger partial charge in [-0.2, -0.15) is 0 Å². The van der Waals surface area contributed by atoms with E-state index in [-0.39, 0.29) is 6.09 Å². The zero-order valence-corrected chi connectivity index (χ0v) is 15.0. The summed E-state index contributed by atoms with van der Waals surface area (Å²) in [5.41, 5.74) is 0.911. The van der Waals surface area contributed by atoms with E-state index in [2.05, 4.69) is 32.7 Å². The van der Waals surface area contributed by atoms with Crippen molar-refractivity contribution in [3.05, 3.63) is 20.8 Å². The second kappa shape index (κ2) is 5.56. The normalized spacial score (nSPS) is 27.6. The van der Waals surface area contributed by atoms with Crippen LogP contribution >= 0.6 is 27.3 Å². The van der Waals surface area contributed by atoms with E-state index >= 15 is 0 Å². The van der Waals surface area contributed by atoms with E-state index in [9.17, 15) is 4.79 Å². The maximum atomic E-state index is 12.0. The lowest BCUT2D eigenvalue weighted by molar-refractivity contribution is 0.0269. The molecular weight excluding hydrogens is 352 g/mol. The minimum atomic E-state index is -0.409. The zero-order valence-electron chi connectivity index (χ0n) is 12.6. The minimum absolute atomic E-state index is 0.171. The number of ether oxygens (including phenoxy) is 1. The van der Waals surface area contributed by atoms with E-state index < -0.39 is 5.60 Å². The Morgan fingerprint density at radius 1 is 1.48 bits per heavy atom. The first-order valence-corrected chi connectivity index (χ1v) is 8.95. The number of halogens is 1. The summed E-state index contributed by atoms with van der Waals surface area (Å²) < 4.78 is 6.59. The number of likely N-dealkylation sites (tertiary alicyclic amines) is 1. The monoisotopic (exact) mass is 372 g/mol. The number of fused-ring (bicyclic) bond motifs is 1. The molecule has 3 rings (SSSR count). The molecule has 2 fully saturated rings. The number of thiophene rings is 1. The third-order valence-corrected chi connectivity index (χ3v) is 5.56. The molecular formula is C15H21BrN2O2S. The van der Waals surface area contributed by atoms with Gasteiger partial charge < -0.3 is 15.0 Å². The largest absolute Gasteiger partial charge is 0.444 e. The lowest BCUT2D eigenvalue weighted by Crippen LogP contribution is -2.39. The summed E-state index contributed by atoms with van der Waals surface area (Å²) in [5, 5.41) is 5.77. The molecule has 1 aromatic heterocycles. The first-order valence-electron chi connectivity index (χ1n) is 7.28. The van der Waals surface area contributed by atoms with Crippen LogP contribution in [0.2, 0.25) is 0 Å². The molecule has 1 aliphatic heterocycles. The first-order chi connectivity index (χ1) is 9.83. The number of piperidine rings is 1. The van der Waals surface area contributed by atoms with E-state index in [0.29, 0.717) is 17.9 Å². The molecule has 0 aromatic carbocycles. The quantitative estimate of drug-likeness (QED) is 0.882. The highest BCUT2D eigenvalue weighted by Gasteiger charge is 2.56. The van der Waals surface area contributed by atoms with Crippen molar-refractivity contribution in [2.75, 3.05) is 13.1 Å². The first kappa shape index (κ1) is 15.3. The molecule has 116 valence electrons. The Hall–Kier alpha value is -0.590. The number of nitrogens with one attached hydrogen (secondary N) is 1. The predicted octanol–water partition coefficient (Wildman–Crippen LogP) is 3.47. The molecule has 2 aliphatic rings. The summed E-state index contributed by atoms with van der Waals surface area (Å²) in [6.07, 6.45) is -0.171. The van der Waals surface area contributed by atoms with Crippen molar-refractivity contribution in [2.45, 2.75) is 39.0 Å². The van der Waals surface area contributed by atoms with Crippen LogP contribution in [-0.2, 0) is 11.3 Å². The van der Waals surface area contributed by atoms with Crippen LogP contribution in [0.1, 0.15) is 26.3 Å². The predicted molar refractivity (Wildman–Crippen MR) is 87.4 cm³/mol. The van der Waals surface area contributed by atoms with Gasteiger partial charge in [-0.25, -0.2) is 4.79 Å². The maximum Gasteiger partial charge on any atom is 0.410 e. The smallest absolute Gasteiger partial charge is 0.410 e. The van der Waals surface area contributed by atoms with Crippen molar-refractivity contribution < 1.29 is 9.53 Å². The molecule has 0 radical (unpaired) electrons. The standard InChI is InChI=1S/C15H21BrN2O2S/c1-15(2,3)20-14(19)18-6-10-11(7-18)13(10)17-5-9-4-12(16)21-8-9/h4,8,10-11,13,17H,5-7H2,1-3H3. The van der Waals surface area contributed by atoms with E-state index in [1.165, 1.54) is 9.35 Å². The third kappa shape index (κ3) is 3.60. The summed E-state index contributed by atoms with van der Waals surface area (Å²) in [4.78, 5) is 13.8. The van der Waals surface area contributed by atoms with Crippen molar-refractivity contribution in [1.82, 2.24) is 10.2 Å². The summed E-state index contributed by atoms with van der Waals surface area (Å²) in [5.74, 6) is 1.19. The Morgan fingerprint density at radius 2 is 2.14 bits per heavy atom. The molecule has 1 saturated heterocycles. The Morgan fingerprint density at radius 3 is 2.67 bits per heavy atom. The Kier molecular flexibility index (Phi) is 4.05. The van der Waals surface area contributed by atoms with Gasteiger partial charge >= 0.3 is 6.09 Å². The van der Waals surface area contributed by atoms with Gasteiger partial charge in [-0.05, 0) is 65.5 Å². The van der Waals surface area contributed by atoms with Crippen LogP contribution in [0.5, 0.6) is 0 Å². The molecule has 21 heavy (non-hydrogen) atoms. The summed E-state index contributed by atoms with van der Waals surface area (Å²) in [6, 6.07) is 2.71. The van der Waals surface area contributed by atoms with Crippen molar-refractivity contribution >= 4 is 33.4 Å². The van der Waals surface area contributed by atoms with Crippen LogP contribution in [-0.4, -0.2) is 35.7 Å². The molecule has 4 nitrogen and oxygen atoms in total. The van der Waals surface area contributed by atoms with Gasteiger partial charge in [0.2, 0.25) is 0 Å². The molecule has 1 aliphatic carbocycles. The highest BCUT2D eigenvalue weighted by molar-refractivity contribution is 9.11. The average molecular weight is 373 g/mol. The molecule has 2 heterocycles. The number of hydrogen-bond acceptors (Lipinski definition) is 4. The van der Waals surface area contributed by atoms with Gasteiger partial charge in [-0.15, -0.1) is 11.3 Å². The molecule has 2 unspecified atom stereocenters. The number of carbonyl (C=O) groups excluding carboxylic acids is 1. The number of carbonyl (C=O) groups is 1. The van der Waals surface area contributed by atoms with Gasteiger partial charge in [0, 0.05) is 25.7 Å². The number of nitrogens with zero attached hydrogens (tertiary/aromatic N) is 1. The van der Waals surface area contributed by atoms with Crippen LogP contribution in [0.3, 0.4) is 0 Å². The lowest BCUT2D eigenvalue weighted by atomic mass is 10.2. The van der Waals surface area contributed by atoms with Crippen molar-refractivity contribution in [1.29, 1.82) is 0 Å². The molecule has 6 heteroatoms. The van der Waals surface area contributed by atoms with Crippen molar-refractivity contribution in [2.24, 2.45) is 11.8 Å². The fourth-order valence-electron chi connectivity index (χ4n) is 2.98. The highest BCUT2D eigenvalue weighted by atomic mass is 79.9. The Bertz CT molecular complexity index is 528. The Labute approximate surface area is 138 Å². The molecule has 0 bridgehead atoms. The topological polar surface area (TPSA) is 41.6 Å². The van der Waals surface area contributed by atoms with E-state index in [4.69, 9.17) is 4.74 Å². The zero-order chi connectivity index (χ0) is 15.2. The summed E-state index contributed by atoms with van der Waals surface area (Å²) in [7, 11) is 0. The molecule has 1 aromatic rings. The summed E-state index contributed by atoms with van der Waals surface area (Å²) >= 11 is 5.20. The van der Waals surface area contributed by atoms with Crippen molar-refractivity contribution in [3.63, 3.8) is 0 Å². The van der Waals surface area contributed by atoms with Crippen LogP contribution in [0.25, 0.3) is 0 Å². The van der Waals surface area contributed by atoms with Gasteiger partial charge in [0.25, 0.3) is 0 Å². The van der Waals surface area contributed by atoms with Gasteiger partial charge in [0.05, 0.1) is 3.79 Å². The Balaban J connectivity index is 1.43. The minimum Gasteiger partial charge on any atom is -0.444 e. The van der Waals surface area contributed by atoms with Crippen LogP contribution in [0.4, 0.5) is 4.79 Å². The molecule has 2 atom stereocenters. The second-order valence-corrected chi connectivity index (χ2v) is 9.17. The SMILES string of the molecule is CC(C)(C)OC(=O)N1CC2C(C1)C2NCc1csc(Br)c1.